The summed E-state index contributed by atoms with van der Waals surface area (Å²) in [5, 5.41) is 5.38. The second kappa shape index (κ2) is 9.35. The molecular formula is C25H29N3O3. The van der Waals surface area contributed by atoms with Crippen molar-refractivity contribution in [2.75, 3.05) is 26.2 Å². The summed E-state index contributed by atoms with van der Waals surface area (Å²) >= 11 is 0. The Labute approximate surface area is 182 Å². The van der Waals surface area contributed by atoms with E-state index in [-0.39, 0.29) is 23.5 Å². The van der Waals surface area contributed by atoms with Gasteiger partial charge < -0.3 is 14.6 Å². The first-order valence-corrected chi connectivity index (χ1v) is 10.8. The minimum atomic E-state index is -0.567. The number of rotatable bonds is 6. The van der Waals surface area contributed by atoms with E-state index in [2.05, 4.69) is 52.7 Å². The predicted octanol–water partition coefficient (Wildman–Crippen LogP) is 3.53. The molecule has 1 fully saturated rings. The van der Waals surface area contributed by atoms with Crippen LogP contribution in [0.25, 0.3) is 10.8 Å². The maximum Gasteiger partial charge on any atom is 0.287 e. The molecule has 2 aromatic carbocycles. The molecule has 0 bridgehead atoms. The van der Waals surface area contributed by atoms with Gasteiger partial charge in [0.25, 0.3) is 5.91 Å². The molecule has 0 radical (unpaired) electrons. The van der Waals surface area contributed by atoms with Crippen LogP contribution in [0, 0.1) is 5.92 Å². The van der Waals surface area contributed by atoms with Gasteiger partial charge >= 0.3 is 0 Å². The molecule has 2 amide bonds. The third kappa shape index (κ3) is 4.80. The molecule has 1 aliphatic rings. The number of benzene rings is 2. The van der Waals surface area contributed by atoms with Crippen LogP contribution in [0.3, 0.4) is 0 Å². The number of nitrogens with one attached hydrogen (secondary N) is 1. The molecule has 31 heavy (non-hydrogen) atoms. The van der Waals surface area contributed by atoms with E-state index >= 15 is 0 Å². The lowest BCUT2D eigenvalue weighted by atomic mass is 10.0. The summed E-state index contributed by atoms with van der Waals surface area (Å²) in [7, 11) is 0. The maximum absolute atomic E-state index is 13.1. The number of nitrogens with zero attached hydrogens (tertiary/aromatic N) is 2. The SMILES string of the molecule is CC(C)[C@H](NC(=O)c1ccco1)C(=O)N1CCN(Cc2cccc3ccccc23)CC1. The number of fused-ring (bicyclic) bond motifs is 1. The first-order chi connectivity index (χ1) is 15.0. The topological polar surface area (TPSA) is 65.8 Å². The van der Waals surface area contributed by atoms with Gasteiger partial charge in [-0.1, -0.05) is 56.3 Å². The zero-order valence-corrected chi connectivity index (χ0v) is 18.1. The first kappa shape index (κ1) is 21.1. The molecule has 1 N–H and O–H groups in total. The quantitative estimate of drug-likeness (QED) is 0.664. The van der Waals surface area contributed by atoms with E-state index in [9.17, 15) is 9.59 Å². The fraction of sp³-hybridized carbons (Fsp3) is 0.360. The normalized spacial score (nSPS) is 15.9. The second-order valence-corrected chi connectivity index (χ2v) is 8.41. The van der Waals surface area contributed by atoms with Gasteiger partial charge in [0.15, 0.2) is 5.76 Å². The average Bonchev–Trinajstić information content (AvgIpc) is 3.33. The highest BCUT2D eigenvalue weighted by atomic mass is 16.3. The van der Waals surface area contributed by atoms with Gasteiger partial charge in [0.2, 0.25) is 5.91 Å². The van der Waals surface area contributed by atoms with Crippen LogP contribution in [-0.4, -0.2) is 53.8 Å². The van der Waals surface area contributed by atoms with Crippen molar-refractivity contribution in [1.29, 1.82) is 0 Å². The molecule has 0 aliphatic carbocycles. The highest BCUT2D eigenvalue weighted by molar-refractivity contribution is 5.95. The zero-order chi connectivity index (χ0) is 21.8. The van der Waals surface area contributed by atoms with E-state index in [4.69, 9.17) is 4.42 Å². The van der Waals surface area contributed by atoms with Crippen molar-refractivity contribution in [3.8, 4) is 0 Å². The molecule has 6 heteroatoms. The van der Waals surface area contributed by atoms with Crippen molar-refractivity contribution in [2.24, 2.45) is 5.92 Å². The molecule has 3 aromatic rings. The van der Waals surface area contributed by atoms with Crippen LogP contribution in [0.1, 0.15) is 30.0 Å². The molecular weight excluding hydrogens is 390 g/mol. The van der Waals surface area contributed by atoms with Gasteiger partial charge in [-0.15, -0.1) is 0 Å². The summed E-state index contributed by atoms with van der Waals surface area (Å²) < 4.78 is 5.16. The summed E-state index contributed by atoms with van der Waals surface area (Å²) in [6.07, 6.45) is 1.45. The fourth-order valence-corrected chi connectivity index (χ4v) is 4.13. The van der Waals surface area contributed by atoms with Crippen molar-refractivity contribution in [1.82, 2.24) is 15.1 Å². The Morgan fingerprint density at radius 2 is 1.71 bits per heavy atom. The molecule has 0 unspecified atom stereocenters. The molecule has 162 valence electrons. The van der Waals surface area contributed by atoms with Crippen molar-refractivity contribution >= 4 is 22.6 Å². The summed E-state index contributed by atoms with van der Waals surface area (Å²) in [6.45, 7) is 7.69. The molecule has 4 rings (SSSR count). The van der Waals surface area contributed by atoms with Gasteiger partial charge in [-0.05, 0) is 34.4 Å². The van der Waals surface area contributed by atoms with E-state index < -0.39 is 6.04 Å². The summed E-state index contributed by atoms with van der Waals surface area (Å²) in [6, 6.07) is 17.6. The van der Waals surface area contributed by atoms with Crippen LogP contribution >= 0.6 is 0 Å². The number of carbonyl (C=O) groups excluding carboxylic acids is 2. The van der Waals surface area contributed by atoms with E-state index in [1.54, 1.807) is 12.1 Å². The molecule has 0 saturated carbocycles. The number of hydrogen-bond acceptors (Lipinski definition) is 4. The Kier molecular flexibility index (Phi) is 6.37. The summed E-state index contributed by atoms with van der Waals surface area (Å²) in [5.74, 6) is -0.176. The van der Waals surface area contributed by atoms with Gasteiger partial charge in [0.05, 0.1) is 6.26 Å². The third-order valence-corrected chi connectivity index (χ3v) is 5.92. The van der Waals surface area contributed by atoms with Crippen molar-refractivity contribution in [2.45, 2.75) is 26.4 Å². The number of piperazine rings is 1. The molecule has 1 aromatic heterocycles. The van der Waals surface area contributed by atoms with E-state index in [1.807, 2.05) is 18.7 Å². The van der Waals surface area contributed by atoms with Crippen LogP contribution in [0.5, 0.6) is 0 Å². The highest BCUT2D eigenvalue weighted by Gasteiger charge is 2.31. The van der Waals surface area contributed by atoms with Crippen molar-refractivity contribution in [3.05, 3.63) is 72.2 Å². The fourth-order valence-electron chi connectivity index (χ4n) is 4.13. The minimum absolute atomic E-state index is 0.0138. The Balaban J connectivity index is 1.36. The highest BCUT2D eigenvalue weighted by Crippen LogP contribution is 2.21. The van der Waals surface area contributed by atoms with Gasteiger partial charge in [-0.2, -0.15) is 0 Å². The standard InChI is InChI=1S/C25H29N3O3/c1-18(2)23(26-24(29)22-11-6-16-31-22)25(30)28-14-12-27(13-15-28)17-20-9-5-8-19-7-3-4-10-21(19)20/h3-11,16,18,23H,12-15,17H2,1-2H3,(H,26,29)/t23-/m0/s1. The van der Waals surface area contributed by atoms with Crippen LogP contribution in [0.15, 0.2) is 65.3 Å². The van der Waals surface area contributed by atoms with Gasteiger partial charge in [0, 0.05) is 32.7 Å². The van der Waals surface area contributed by atoms with Gasteiger partial charge in [0.1, 0.15) is 6.04 Å². The number of carbonyl (C=O) groups is 2. The molecule has 6 nitrogen and oxygen atoms in total. The molecule has 2 heterocycles. The molecule has 1 atom stereocenters. The van der Waals surface area contributed by atoms with Crippen LogP contribution in [0.2, 0.25) is 0 Å². The summed E-state index contributed by atoms with van der Waals surface area (Å²) in [5.41, 5.74) is 1.31. The third-order valence-electron chi connectivity index (χ3n) is 5.92. The van der Waals surface area contributed by atoms with Crippen molar-refractivity contribution < 1.29 is 14.0 Å². The van der Waals surface area contributed by atoms with Crippen molar-refractivity contribution in [3.63, 3.8) is 0 Å². The van der Waals surface area contributed by atoms with E-state index in [1.165, 1.54) is 22.6 Å². The zero-order valence-electron chi connectivity index (χ0n) is 18.1. The van der Waals surface area contributed by atoms with Crippen LogP contribution in [-0.2, 0) is 11.3 Å². The first-order valence-electron chi connectivity index (χ1n) is 10.8. The second-order valence-electron chi connectivity index (χ2n) is 8.41. The van der Waals surface area contributed by atoms with Crippen LogP contribution < -0.4 is 5.32 Å². The molecule has 1 aliphatic heterocycles. The number of hydrogen-bond donors (Lipinski definition) is 1. The van der Waals surface area contributed by atoms with E-state index in [0.717, 1.165) is 19.6 Å². The Hall–Kier alpha value is -3.12. The smallest absolute Gasteiger partial charge is 0.287 e. The molecule has 0 spiro atoms. The number of furan rings is 1. The monoisotopic (exact) mass is 419 g/mol. The minimum Gasteiger partial charge on any atom is -0.459 e. The maximum atomic E-state index is 13.1. The van der Waals surface area contributed by atoms with Crippen LogP contribution in [0.4, 0.5) is 0 Å². The summed E-state index contributed by atoms with van der Waals surface area (Å²) in [4.78, 5) is 29.8. The Morgan fingerprint density at radius 3 is 2.42 bits per heavy atom. The lowest BCUT2D eigenvalue weighted by molar-refractivity contribution is -0.136. The van der Waals surface area contributed by atoms with Gasteiger partial charge in [-0.3, -0.25) is 14.5 Å². The molecule has 1 saturated heterocycles. The lowest BCUT2D eigenvalue weighted by Gasteiger charge is -2.37. The Morgan fingerprint density at radius 1 is 0.968 bits per heavy atom. The lowest BCUT2D eigenvalue weighted by Crippen LogP contribution is -2.56. The Bertz CT molecular complexity index is 1030. The average molecular weight is 420 g/mol. The van der Waals surface area contributed by atoms with E-state index in [0.29, 0.717) is 13.1 Å². The number of amides is 2. The largest absolute Gasteiger partial charge is 0.459 e. The van der Waals surface area contributed by atoms with Gasteiger partial charge in [-0.25, -0.2) is 0 Å². The predicted molar refractivity (Wildman–Crippen MR) is 121 cm³/mol.